The molecule has 26 heavy (non-hydrogen) atoms. The van der Waals surface area contributed by atoms with Gasteiger partial charge in [0, 0.05) is 30.4 Å². The summed E-state index contributed by atoms with van der Waals surface area (Å²) < 4.78 is 0. The van der Waals surface area contributed by atoms with E-state index < -0.39 is 0 Å². The van der Waals surface area contributed by atoms with Crippen LogP contribution in [0.15, 0.2) is 41.4 Å². The summed E-state index contributed by atoms with van der Waals surface area (Å²) in [5.41, 5.74) is 2.61. The second-order valence-corrected chi connectivity index (χ2v) is 7.83. The summed E-state index contributed by atoms with van der Waals surface area (Å²) >= 11 is 1.60. The third-order valence-corrected chi connectivity index (χ3v) is 6.64. The van der Waals surface area contributed by atoms with Crippen LogP contribution in [0.25, 0.3) is 10.8 Å². The van der Waals surface area contributed by atoms with E-state index in [0.29, 0.717) is 11.5 Å². The normalized spacial score (nSPS) is 16.3. The molecule has 0 unspecified atom stereocenters. The van der Waals surface area contributed by atoms with Crippen molar-refractivity contribution in [3.63, 3.8) is 0 Å². The molecule has 1 N–H and O–H groups in total. The fourth-order valence-corrected chi connectivity index (χ4v) is 5.38. The maximum atomic E-state index is 10.3. The fraction of sp³-hybridized carbons (Fsp3) is 0.238. The minimum absolute atomic E-state index is 0.205. The van der Waals surface area contributed by atoms with Gasteiger partial charge >= 0.3 is 0 Å². The molecule has 1 aromatic heterocycles. The van der Waals surface area contributed by atoms with Gasteiger partial charge in [0.15, 0.2) is 0 Å². The lowest BCUT2D eigenvalue weighted by molar-refractivity contribution is 0.475. The van der Waals surface area contributed by atoms with Crippen molar-refractivity contribution in [2.45, 2.75) is 18.8 Å². The highest BCUT2D eigenvalue weighted by molar-refractivity contribution is 7.20. The number of benzene rings is 2. The van der Waals surface area contributed by atoms with Crippen molar-refractivity contribution in [1.82, 2.24) is 0 Å². The van der Waals surface area contributed by atoms with Crippen LogP contribution < -0.4 is 4.90 Å². The van der Waals surface area contributed by atoms with E-state index in [-0.39, 0.29) is 5.75 Å². The van der Waals surface area contributed by atoms with E-state index >= 15 is 0 Å². The van der Waals surface area contributed by atoms with Crippen LogP contribution in [0.1, 0.15) is 35.4 Å². The van der Waals surface area contributed by atoms with Gasteiger partial charge in [-0.25, -0.2) is 4.99 Å². The van der Waals surface area contributed by atoms with Crippen LogP contribution in [0, 0.1) is 11.3 Å². The molecule has 2 aromatic carbocycles. The average molecular weight is 359 g/mol. The number of rotatable bonds is 2. The van der Waals surface area contributed by atoms with Crippen molar-refractivity contribution >= 4 is 38.3 Å². The Morgan fingerprint density at radius 2 is 2.00 bits per heavy atom. The number of aliphatic imine (C=N–C) groups is 1. The van der Waals surface area contributed by atoms with E-state index in [4.69, 9.17) is 0 Å². The van der Waals surface area contributed by atoms with Gasteiger partial charge in [0.2, 0.25) is 0 Å². The van der Waals surface area contributed by atoms with Crippen molar-refractivity contribution < 1.29 is 5.11 Å². The Morgan fingerprint density at radius 1 is 1.19 bits per heavy atom. The fourth-order valence-electron chi connectivity index (χ4n) is 4.15. The lowest BCUT2D eigenvalue weighted by atomic mass is 9.84. The molecule has 0 aliphatic carbocycles. The minimum Gasteiger partial charge on any atom is -0.507 e. The number of nitrogens with zero attached hydrogens (tertiary/aromatic N) is 3. The number of nitriles is 1. The van der Waals surface area contributed by atoms with Crippen molar-refractivity contribution in [2.24, 2.45) is 4.99 Å². The highest BCUT2D eigenvalue weighted by Gasteiger charge is 2.36. The Kier molecular flexibility index (Phi) is 3.47. The Morgan fingerprint density at radius 3 is 2.81 bits per heavy atom. The molecule has 0 atom stereocenters. The number of thiophene rings is 1. The Bertz CT molecular complexity index is 1080. The van der Waals surface area contributed by atoms with Crippen molar-refractivity contribution in [1.29, 1.82) is 5.26 Å². The Labute approximate surface area is 155 Å². The molecule has 2 bridgehead atoms. The van der Waals surface area contributed by atoms with Gasteiger partial charge in [-0.1, -0.05) is 41.7 Å². The van der Waals surface area contributed by atoms with Gasteiger partial charge in [-0.05, 0) is 35.6 Å². The Balaban J connectivity index is 1.63. The van der Waals surface area contributed by atoms with Crippen LogP contribution in [-0.4, -0.2) is 24.4 Å². The van der Waals surface area contributed by atoms with Crippen molar-refractivity contribution in [2.75, 3.05) is 18.0 Å². The number of anilines is 1. The Hall–Kier alpha value is -2.84. The van der Waals surface area contributed by atoms with Gasteiger partial charge in [0.05, 0.1) is 10.6 Å². The molecule has 6 rings (SSSR count). The maximum absolute atomic E-state index is 10.3. The summed E-state index contributed by atoms with van der Waals surface area (Å²) in [6.45, 7) is 2.16. The van der Waals surface area contributed by atoms with E-state index in [2.05, 4.69) is 16.0 Å². The summed E-state index contributed by atoms with van der Waals surface area (Å²) in [4.78, 5) is 7.03. The smallest absolute Gasteiger partial charge is 0.136 e. The largest absolute Gasteiger partial charge is 0.507 e. The molecule has 3 aliphatic heterocycles. The predicted octanol–water partition coefficient (Wildman–Crippen LogP) is 4.93. The van der Waals surface area contributed by atoms with E-state index in [9.17, 15) is 10.4 Å². The van der Waals surface area contributed by atoms with Gasteiger partial charge in [-0.2, -0.15) is 5.26 Å². The first-order valence-corrected chi connectivity index (χ1v) is 9.64. The molecule has 1 saturated heterocycles. The zero-order valence-corrected chi connectivity index (χ0v) is 15.0. The summed E-state index contributed by atoms with van der Waals surface area (Å²) in [5, 5.41) is 24.0. The number of phenols is 1. The molecule has 3 aromatic rings. The highest BCUT2D eigenvalue weighted by atomic mass is 32.1. The number of fused-ring (bicyclic) bond motifs is 3. The average Bonchev–Trinajstić information content (AvgIpc) is 3.08. The summed E-state index contributed by atoms with van der Waals surface area (Å²) in [7, 11) is 0. The van der Waals surface area contributed by atoms with E-state index in [1.165, 1.54) is 10.6 Å². The molecular formula is C21H17N3OS. The summed E-state index contributed by atoms with van der Waals surface area (Å²) in [6, 6.07) is 13.9. The number of hydrogen-bond acceptors (Lipinski definition) is 5. The molecule has 4 nitrogen and oxygen atoms in total. The van der Waals surface area contributed by atoms with Crippen LogP contribution in [-0.2, 0) is 0 Å². The SMILES string of the molecule is N#Cc1c(/N=C/c2c(O)ccc3ccccc23)sc2c1C1CCN2CC1. The van der Waals surface area contributed by atoms with Crippen LogP contribution in [0.4, 0.5) is 10.0 Å². The first kappa shape index (κ1) is 15.4. The van der Waals surface area contributed by atoms with Gasteiger partial charge in [-0.15, -0.1) is 0 Å². The molecular weight excluding hydrogens is 342 g/mol. The zero-order valence-electron chi connectivity index (χ0n) is 14.1. The number of hydrogen-bond donors (Lipinski definition) is 1. The summed E-state index contributed by atoms with van der Waals surface area (Å²) in [5.74, 6) is 0.701. The molecule has 3 aliphatic rings. The molecule has 1 fully saturated rings. The van der Waals surface area contributed by atoms with E-state index in [1.54, 1.807) is 23.6 Å². The number of phenolic OH excluding ortho intramolecular Hbond substituents is 1. The molecule has 5 heteroatoms. The topological polar surface area (TPSA) is 59.6 Å². The highest BCUT2D eigenvalue weighted by Crippen LogP contribution is 2.52. The third-order valence-electron chi connectivity index (χ3n) is 5.47. The van der Waals surface area contributed by atoms with E-state index in [0.717, 1.165) is 47.3 Å². The molecule has 0 amide bonds. The first-order chi connectivity index (χ1) is 12.8. The standard InChI is InChI=1S/C21H17N3OS/c22-11-16-19-14-7-9-24(10-8-14)21(19)26-20(16)23-12-17-15-4-2-1-3-13(15)5-6-18(17)25/h1-6,12,14,25H,7-10H2/b23-12+. The summed E-state index contributed by atoms with van der Waals surface area (Å²) in [6.07, 6.45) is 3.96. The second-order valence-electron chi connectivity index (χ2n) is 6.85. The molecule has 0 radical (unpaired) electrons. The molecule has 4 heterocycles. The molecule has 0 saturated carbocycles. The van der Waals surface area contributed by atoms with Gasteiger partial charge in [0.25, 0.3) is 0 Å². The zero-order chi connectivity index (χ0) is 17.7. The van der Waals surface area contributed by atoms with Crippen molar-refractivity contribution in [3.8, 4) is 11.8 Å². The predicted molar refractivity (Wildman–Crippen MR) is 106 cm³/mol. The second kappa shape index (κ2) is 5.86. The lowest BCUT2D eigenvalue weighted by Gasteiger charge is -2.39. The lowest BCUT2D eigenvalue weighted by Crippen LogP contribution is -2.37. The molecule has 128 valence electrons. The maximum Gasteiger partial charge on any atom is 0.136 e. The van der Waals surface area contributed by atoms with Gasteiger partial charge < -0.3 is 10.0 Å². The van der Waals surface area contributed by atoms with Crippen LogP contribution in [0.5, 0.6) is 5.75 Å². The minimum atomic E-state index is 0.205. The first-order valence-electron chi connectivity index (χ1n) is 8.83. The van der Waals surface area contributed by atoms with Crippen LogP contribution >= 0.6 is 11.3 Å². The monoisotopic (exact) mass is 359 g/mol. The van der Waals surface area contributed by atoms with Crippen LogP contribution in [0.3, 0.4) is 0 Å². The van der Waals surface area contributed by atoms with Crippen LogP contribution in [0.2, 0.25) is 0 Å². The molecule has 0 spiro atoms. The van der Waals surface area contributed by atoms with Crippen molar-refractivity contribution in [3.05, 3.63) is 53.1 Å². The van der Waals surface area contributed by atoms with E-state index in [1.807, 2.05) is 30.3 Å². The van der Waals surface area contributed by atoms with Gasteiger partial charge in [0.1, 0.15) is 16.8 Å². The third kappa shape index (κ3) is 2.23. The number of piperidine rings is 1. The van der Waals surface area contributed by atoms with Gasteiger partial charge in [-0.3, -0.25) is 0 Å². The number of aromatic hydroxyl groups is 1. The quantitative estimate of drug-likeness (QED) is 0.660.